The lowest BCUT2D eigenvalue weighted by Gasteiger charge is -2.10. The van der Waals surface area contributed by atoms with Gasteiger partial charge in [-0.1, -0.05) is 66.7 Å². The molecule has 0 unspecified atom stereocenters. The van der Waals surface area contributed by atoms with E-state index in [1.54, 1.807) is 0 Å². The van der Waals surface area contributed by atoms with E-state index in [4.69, 9.17) is 4.42 Å². The zero-order valence-corrected chi connectivity index (χ0v) is 16.1. The first kappa shape index (κ1) is 18.0. The maximum Gasteiger partial charge on any atom is 0.275 e. The standard InChI is InChI=1S/C24H18N4O2/c29-24-20-14-8-7-13-19(20)21(15-17-9-3-1-4-10-17)27-28(24)16-22-25-26-23(30-22)18-11-5-2-6-12-18/h1-14H,15-16H2. The summed E-state index contributed by atoms with van der Waals surface area (Å²) >= 11 is 0. The van der Waals surface area contributed by atoms with Crippen LogP contribution >= 0.6 is 0 Å². The van der Waals surface area contributed by atoms with E-state index in [0.29, 0.717) is 23.6 Å². The molecular formula is C24H18N4O2. The van der Waals surface area contributed by atoms with Gasteiger partial charge in [-0.25, -0.2) is 4.68 Å². The Hall–Kier alpha value is -4.06. The molecule has 0 saturated heterocycles. The third-order valence-electron chi connectivity index (χ3n) is 4.93. The van der Waals surface area contributed by atoms with Crippen molar-refractivity contribution in [1.82, 2.24) is 20.0 Å². The van der Waals surface area contributed by atoms with Gasteiger partial charge < -0.3 is 4.42 Å². The van der Waals surface area contributed by atoms with Crippen LogP contribution in [0.5, 0.6) is 0 Å². The summed E-state index contributed by atoms with van der Waals surface area (Å²) in [5.41, 5.74) is 2.62. The number of aromatic nitrogens is 4. The third kappa shape index (κ3) is 3.51. The molecule has 0 aliphatic heterocycles. The van der Waals surface area contributed by atoms with E-state index in [2.05, 4.69) is 27.4 Å². The Kier molecular flexibility index (Phi) is 4.65. The normalized spacial score (nSPS) is 11.1. The predicted octanol–water partition coefficient (Wildman–Crippen LogP) is 4.09. The van der Waals surface area contributed by atoms with Gasteiger partial charge in [-0.3, -0.25) is 4.79 Å². The molecule has 30 heavy (non-hydrogen) atoms. The summed E-state index contributed by atoms with van der Waals surface area (Å²) in [4.78, 5) is 13.0. The molecule has 0 amide bonds. The molecule has 0 bridgehead atoms. The van der Waals surface area contributed by atoms with E-state index in [1.807, 2.05) is 72.8 Å². The van der Waals surface area contributed by atoms with Gasteiger partial charge in [-0.15, -0.1) is 10.2 Å². The third-order valence-corrected chi connectivity index (χ3v) is 4.93. The quantitative estimate of drug-likeness (QED) is 0.449. The smallest absolute Gasteiger partial charge is 0.275 e. The second kappa shape index (κ2) is 7.75. The second-order valence-electron chi connectivity index (χ2n) is 6.98. The number of benzene rings is 3. The summed E-state index contributed by atoms with van der Waals surface area (Å²) in [5, 5.41) is 14.3. The second-order valence-corrected chi connectivity index (χ2v) is 6.98. The summed E-state index contributed by atoms with van der Waals surface area (Å²) in [6.45, 7) is 0.116. The lowest BCUT2D eigenvalue weighted by molar-refractivity contribution is 0.465. The molecule has 146 valence electrons. The average molecular weight is 394 g/mol. The first-order chi connectivity index (χ1) is 14.8. The van der Waals surface area contributed by atoms with Crippen LogP contribution in [0, 0.1) is 0 Å². The van der Waals surface area contributed by atoms with E-state index in [-0.39, 0.29) is 12.1 Å². The molecule has 0 saturated carbocycles. The molecule has 5 rings (SSSR count). The fourth-order valence-electron chi connectivity index (χ4n) is 3.48. The SMILES string of the molecule is O=c1c2ccccc2c(Cc2ccccc2)nn1Cc1nnc(-c2ccccc2)o1. The number of hydrogen-bond acceptors (Lipinski definition) is 5. The van der Waals surface area contributed by atoms with Crippen molar-refractivity contribution in [2.45, 2.75) is 13.0 Å². The largest absolute Gasteiger partial charge is 0.419 e. The first-order valence-electron chi connectivity index (χ1n) is 9.68. The molecule has 2 heterocycles. The van der Waals surface area contributed by atoms with Gasteiger partial charge >= 0.3 is 0 Å². The molecule has 2 aromatic heterocycles. The number of hydrogen-bond donors (Lipinski definition) is 0. The van der Waals surface area contributed by atoms with Gasteiger partial charge in [0.2, 0.25) is 11.8 Å². The topological polar surface area (TPSA) is 73.8 Å². The van der Waals surface area contributed by atoms with Crippen LogP contribution in [-0.4, -0.2) is 20.0 Å². The lowest BCUT2D eigenvalue weighted by atomic mass is 10.0. The van der Waals surface area contributed by atoms with Crippen LogP contribution in [-0.2, 0) is 13.0 Å². The molecule has 0 aliphatic carbocycles. The van der Waals surface area contributed by atoms with Crippen LogP contribution in [0.15, 0.2) is 94.1 Å². The summed E-state index contributed by atoms with van der Waals surface area (Å²) in [5.74, 6) is 0.758. The molecule has 6 nitrogen and oxygen atoms in total. The highest BCUT2D eigenvalue weighted by molar-refractivity contribution is 5.83. The van der Waals surface area contributed by atoms with E-state index < -0.39 is 0 Å². The highest BCUT2D eigenvalue weighted by Crippen LogP contribution is 2.19. The Balaban J connectivity index is 1.54. The van der Waals surface area contributed by atoms with Crippen molar-refractivity contribution in [3.63, 3.8) is 0 Å². The van der Waals surface area contributed by atoms with Crippen molar-refractivity contribution in [2.75, 3.05) is 0 Å². The van der Waals surface area contributed by atoms with E-state index in [1.165, 1.54) is 4.68 Å². The van der Waals surface area contributed by atoms with Crippen molar-refractivity contribution in [2.24, 2.45) is 0 Å². The molecular weight excluding hydrogens is 376 g/mol. The van der Waals surface area contributed by atoms with Crippen molar-refractivity contribution >= 4 is 10.8 Å². The monoisotopic (exact) mass is 394 g/mol. The summed E-state index contributed by atoms with van der Waals surface area (Å²) in [6.07, 6.45) is 0.626. The average Bonchev–Trinajstić information content (AvgIpc) is 3.27. The summed E-state index contributed by atoms with van der Waals surface area (Å²) in [7, 11) is 0. The zero-order valence-electron chi connectivity index (χ0n) is 16.1. The Morgan fingerprint density at radius 1 is 0.767 bits per heavy atom. The van der Waals surface area contributed by atoms with Crippen molar-refractivity contribution in [3.8, 4) is 11.5 Å². The maximum atomic E-state index is 13.0. The first-order valence-corrected chi connectivity index (χ1v) is 9.68. The molecule has 0 spiro atoms. The molecule has 0 fully saturated rings. The summed E-state index contributed by atoms with van der Waals surface area (Å²) < 4.78 is 7.18. The minimum Gasteiger partial charge on any atom is -0.419 e. The highest BCUT2D eigenvalue weighted by Gasteiger charge is 2.14. The molecule has 5 aromatic rings. The fourth-order valence-corrected chi connectivity index (χ4v) is 3.48. The van der Waals surface area contributed by atoms with Crippen molar-refractivity contribution < 1.29 is 4.42 Å². The van der Waals surface area contributed by atoms with Gasteiger partial charge in [0.15, 0.2) is 0 Å². The van der Waals surface area contributed by atoms with Crippen LogP contribution in [0.2, 0.25) is 0 Å². The Morgan fingerprint density at radius 2 is 1.43 bits per heavy atom. The summed E-state index contributed by atoms with van der Waals surface area (Å²) in [6, 6.07) is 27.2. The van der Waals surface area contributed by atoms with E-state index >= 15 is 0 Å². The van der Waals surface area contributed by atoms with Crippen LogP contribution in [0.4, 0.5) is 0 Å². The molecule has 0 radical (unpaired) electrons. The molecule has 0 N–H and O–H groups in total. The van der Waals surface area contributed by atoms with Crippen molar-refractivity contribution in [3.05, 3.63) is 112 Å². The van der Waals surface area contributed by atoms with E-state index in [9.17, 15) is 4.79 Å². The minimum atomic E-state index is -0.179. The van der Waals surface area contributed by atoms with Crippen LogP contribution in [0.1, 0.15) is 17.1 Å². The fraction of sp³-hybridized carbons (Fsp3) is 0.0833. The van der Waals surface area contributed by atoms with E-state index in [0.717, 1.165) is 22.2 Å². The van der Waals surface area contributed by atoms with Gasteiger partial charge in [0.1, 0.15) is 6.54 Å². The Labute approximate surface area is 172 Å². The number of fused-ring (bicyclic) bond motifs is 1. The van der Waals surface area contributed by atoms with Gasteiger partial charge in [0, 0.05) is 17.4 Å². The van der Waals surface area contributed by atoms with Crippen molar-refractivity contribution in [1.29, 1.82) is 0 Å². The maximum absolute atomic E-state index is 13.0. The lowest BCUT2D eigenvalue weighted by Crippen LogP contribution is -2.25. The van der Waals surface area contributed by atoms with Crippen LogP contribution < -0.4 is 5.56 Å². The molecule has 6 heteroatoms. The van der Waals surface area contributed by atoms with Gasteiger partial charge in [0.25, 0.3) is 5.56 Å². The van der Waals surface area contributed by atoms with Gasteiger partial charge in [0.05, 0.1) is 11.1 Å². The minimum absolute atomic E-state index is 0.116. The Morgan fingerprint density at radius 3 is 2.20 bits per heavy atom. The Bertz CT molecular complexity index is 1360. The van der Waals surface area contributed by atoms with Crippen LogP contribution in [0.3, 0.4) is 0 Å². The van der Waals surface area contributed by atoms with Gasteiger partial charge in [-0.2, -0.15) is 5.10 Å². The highest BCUT2D eigenvalue weighted by atomic mass is 16.4. The zero-order chi connectivity index (χ0) is 20.3. The number of nitrogens with zero attached hydrogens (tertiary/aromatic N) is 4. The molecule has 3 aromatic carbocycles. The number of rotatable bonds is 5. The molecule has 0 atom stereocenters. The van der Waals surface area contributed by atoms with Crippen LogP contribution in [0.25, 0.3) is 22.2 Å². The molecule has 0 aliphatic rings. The predicted molar refractivity (Wildman–Crippen MR) is 114 cm³/mol. The van der Waals surface area contributed by atoms with Gasteiger partial charge in [-0.05, 0) is 23.8 Å².